The zero-order valence-corrected chi connectivity index (χ0v) is 14.7. The molecule has 2 aromatic heterocycles. The second-order valence-corrected chi connectivity index (χ2v) is 7.69. The highest BCUT2D eigenvalue weighted by molar-refractivity contribution is 7.12. The second-order valence-electron chi connectivity index (χ2n) is 6.74. The van der Waals surface area contributed by atoms with E-state index in [0.29, 0.717) is 30.2 Å². The summed E-state index contributed by atoms with van der Waals surface area (Å²) in [4.78, 5) is 39.2. The molecule has 2 amide bonds. The quantitative estimate of drug-likeness (QED) is 0.895. The predicted octanol–water partition coefficient (Wildman–Crippen LogP) is 2.13. The van der Waals surface area contributed by atoms with Gasteiger partial charge in [0.05, 0.1) is 4.88 Å². The van der Waals surface area contributed by atoms with E-state index >= 15 is 0 Å². The Balaban J connectivity index is 1.63. The molecule has 6 nitrogen and oxygen atoms in total. The molecular formula is C18H19N3O3S. The highest BCUT2D eigenvalue weighted by Gasteiger charge is 2.35. The number of likely N-dealkylation sites (tertiary alicyclic amines) is 1. The summed E-state index contributed by atoms with van der Waals surface area (Å²) in [6, 6.07) is 7.14. The highest BCUT2D eigenvalue weighted by Crippen LogP contribution is 2.35. The number of pyridine rings is 1. The lowest BCUT2D eigenvalue weighted by Crippen LogP contribution is -2.48. The number of carbonyl (C=O) groups excluding carboxylic acids is 2. The van der Waals surface area contributed by atoms with Crippen molar-refractivity contribution in [3.8, 4) is 0 Å². The fourth-order valence-corrected chi connectivity index (χ4v) is 4.51. The van der Waals surface area contributed by atoms with Gasteiger partial charge in [0.2, 0.25) is 5.91 Å². The maximum absolute atomic E-state index is 12.8. The van der Waals surface area contributed by atoms with Crippen LogP contribution < -0.4 is 10.9 Å². The molecule has 4 rings (SSSR count). The number of nitrogens with zero attached hydrogens (tertiary/aromatic N) is 2. The van der Waals surface area contributed by atoms with Gasteiger partial charge in [-0.05, 0) is 35.9 Å². The fourth-order valence-electron chi connectivity index (χ4n) is 3.89. The average Bonchev–Trinajstić information content (AvgIpc) is 3.12. The van der Waals surface area contributed by atoms with Crippen molar-refractivity contribution in [2.24, 2.45) is 5.92 Å². The van der Waals surface area contributed by atoms with Gasteiger partial charge in [-0.2, -0.15) is 0 Å². The van der Waals surface area contributed by atoms with Crippen LogP contribution in [0.5, 0.6) is 0 Å². The molecule has 2 aromatic rings. The van der Waals surface area contributed by atoms with Gasteiger partial charge in [0.15, 0.2) is 0 Å². The number of fused-ring (bicyclic) bond motifs is 4. The van der Waals surface area contributed by atoms with Gasteiger partial charge in [-0.15, -0.1) is 11.3 Å². The summed E-state index contributed by atoms with van der Waals surface area (Å²) in [6.07, 6.45) is 1.00. The number of rotatable bonds is 2. The first kappa shape index (κ1) is 16.1. The van der Waals surface area contributed by atoms with Crippen LogP contribution in [0.2, 0.25) is 0 Å². The molecule has 2 aliphatic heterocycles. The van der Waals surface area contributed by atoms with E-state index in [9.17, 15) is 14.4 Å². The minimum atomic E-state index is -0.258. The van der Waals surface area contributed by atoms with E-state index in [1.54, 1.807) is 29.7 Å². The molecule has 130 valence electrons. The van der Waals surface area contributed by atoms with Crippen LogP contribution in [0, 0.1) is 5.92 Å². The molecule has 0 aliphatic carbocycles. The minimum absolute atomic E-state index is 0.0883. The van der Waals surface area contributed by atoms with Crippen LogP contribution >= 0.6 is 11.3 Å². The first-order chi connectivity index (χ1) is 12.0. The zero-order chi connectivity index (χ0) is 17.6. The molecule has 0 spiro atoms. The Morgan fingerprint density at radius 1 is 1.20 bits per heavy atom. The van der Waals surface area contributed by atoms with E-state index in [1.807, 2.05) is 16.3 Å². The van der Waals surface area contributed by atoms with Crippen molar-refractivity contribution in [2.45, 2.75) is 25.8 Å². The number of piperidine rings is 1. The third-order valence-electron chi connectivity index (χ3n) is 5.04. The van der Waals surface area contributed by atoms with Gasteiger partial charge >= 0.3 is 0 Å². The van der Waals surface area contributed by atoms with Crippen LogP contribution in [0.15, 0.2) is 34.4 Å². The number of anilines is 1. The van der Waals surface area contributed by atoms with Crippen LogP contribution in [0.25, 0.3) is 0 Å². The summed E-state index contributed by atoms with van der Waals surface area (Å²) in [6.45, 7) is 3.55. The van der Waals surface area contributed by atoms with Crippen LogP contribution in [0.3, 0.4) is 0 Å². The van der Waals surface area contributed by atoms with Gasteiger partial charge in [-0.3, -0.25) is 14.4 Å². The molecule has 0 unspecified atom stereocenters. The Morgan fingerprint density at radius 3 is 2.76 bits per heavy atom. The third-order valence-corrected chi connectivity index (χ3v) is 5.91. The topological polar surface area (TPSA) is 71.4 Å². The molecule has 0 radical (unpaired) electrons. The van der Waals surface area contributed by atoms with Gasteiger partial charge in [-0.25, -0.2) is 0 Å². The smallest absolute Gasteiger partial charge is 0.274 e. The van der Waals surface area contributed by atoms with E-state index in [-0.39, 0.29) is 29.2 Å². The predicted molar refractivity (Wildman–Crippen MR) is 96.1 cm³/mol. The summed E-state index contributed by atoms with van der Waals surface area (Å²) in [5.74, 6) is 0.305. The number of thiophene rings is 1. The molecular weight excluding hydrogens is 338 g/mol. The van der Waals surface area contributed by atoms with E-state index in [0.717, 1.165) is 12.1 Å². The Kier molecular flexibility index (Phi) is 3.95. The van der Waals surface area contributed by atoms with Crippen molar-refractivity contribution >= 4 is 28.8 Å². The molecule has 0 saturated carbocycles. The Labute approximate surface area is 149 Å². The maximum Gasteiger partial charge on any atom is 0.274 e. The Hall–Kier alpha value is -2.41. The molecule has 2 aliphatic rings. The van der Waals surface area contributed by atoms with Crippen LogP contribution in [-0.2, 0) is 11.3 Å². The minimum Gasteiger partial charge on any atom is -0.342 e. The van der Waals surface area contributed by atoms with Crippen LogP contribution in [0.1, 0.15) is 34.6 Å². The van der Waals surface area contributed by atoms with Crippen molar-refractivity contribution in [3.63, 3.8) is 0 Å². The van der Waals surface area contributed by atoms with E-state index in [1.165, 1.54) is 11.3 Å². The molecule has 25 heavy (non-hydrogen) atoms. The monoisotopic (exact) mass is 357 g/mol. The van der Waals surface area contributed by atoms with Crippen LogP contribution in [-0.4, -0.2) is 34.4 Å². The first-order valence-corrected chi connectivity index (χ1v) is 9.25. The molecule has 1 saturated heterocycles. The SMILES string of the molecule is CC(=O)N1C[C@H]2C[C@H](C1)c1ccc(NC(=O)c3cccs3)c(=O)n1C2. The van der Waals surface area contributed by atoms with Crippen molar-refractivity contribution in [1.29, 1.82) is 0 Å². The summed E-state index contributed by atoms with van der Waals surface area (Å²) >= 11 is 1.34. The summed E-state index contributed by atoms with van der Waals surface area (Å²) in [7, 11) is 0. The van der Waals surface area contributed by atoms with E-state index < -0.39 is 0 Å². The largest absolute Gasteiger partial charge is 0.342 e. The van der Waals surface area contributed by atoms with Crippen molar-refractivity contribution in [2.75, 3.05) is 18.4 Å². The Morgan fingerprint density at radius 2 is 2.04 bits per heavy atom. The molecule has 2 bridgehead atoms. The second kappa shape index (κ2) is 6.15. The number of hydrogen-bond donors (Lipinski definition) is 1. The number of carbonyl (C=O) groups is 2. The lowest BCUT2D eigenvalue weighted by molar-refractivity contribution is -0.131. The number of aromatic nitrogens is 1. The molecule has 2 atom stereocenters. The molecule has 1 fully saturated rings. The zero-order valence-electron chi connectivity index (χ0n) is 13.9. The normalized spacial score (nSPS) is 21.6. The van der Waals surface area contributed by atoms with Gasteiger partial charge in [0, 0.05) is 38.2 Å². The van der Waals surface area contributed by atoms with Crippen molar-refractivity contribution in [3.05, 3.63) is 50.6 Å². The fraction of sp³-hybridized carbons (Fsp3) is 0.389. The summed E-state index contributed by atoms with van der Waals surface area (Å²) in [5, 5.41) is 4.56. The third kappa shape index (κ3) is 2.89. The highest BCUT2D eigenvalue weighted by atomic mass is 32.1. The number of amides is 2. The van der Waals surface area contributed by atoms with Crippen molar-refractivity contribution in [1.82, 2.24) is 9.47 Å². The van der Waals surface area contributed by atoms with Gasteiger partial charge in [-0.1, -0.05) is 6.07 Å². The first-order valence-electron chi connectivity index (χ1n) is 8.37. The number of nitrogens with one attached hydrogen (secondary N) is 1. The molecule has 1 N–H and O–H groups in total. The molecule has 7 heteroatoms. The Bertz CT molecular complexity index is 887. The summed E-state index contributed by atoms with van der Waals surface area (Å²) in [5.41, 5.74) is 1.11. The molecule has 4 heterocycles. The number of hydrogen-bond acceptors (Lipinski definition) is 4. The standard InChI is InChI=1S/C18H19N3O3S/c1-11(22)20-8-12-7-13(10-20)15-5-4-14(18(24)21(15)9-12)19-17(23)16-3-2-6-25-16/h2-6,12-13H,7-10H2,1H3,(H,19,23)/t12-,13-/m1/s1. The average molecular weight is 357 g/mol. The van der Waals surface area contributed by atoms with E-state index in [2.05, 4.69) is 5.32 Å². The van der Waals surface area contributed by atoms with Crippen molar-refractivity contribution < 1.29 is 9.59 Å². The van der Waals surface area contributed by atoms with E-state index in [4.69, 9.17) is 0 Å². The lowest BCUT2D eigenvalue weighted by atomic mass is 9.83. The van der Waals surface area contributed by atoms with Crippen LogP contribution in [0.4, 0.5) is 5.69 Å². The lowest BCUT2D eigenvalue weighted by Gasteiger charge is -2.42. The maximum atomic E-state index is 12.8. The summed E-state index contributed by atoms with van der Waals surface area (Å²) < 4.78 is 1.78. The van der Waals surface area contributed by atoms with Gasteiger partial charge in [0.1, 0.15) is 5.69 Å². The van der Waals surface area contributed by atoms with Gasteiger partial charge in [0.25, 0.3) is 11.5 Å². The van der Waals surface area contributed by atoms with Gasteiger partial charge < -0.3 is 14.8 Å². The molecule has 0 aromatic carbocycles.